The van der Waals surface area contributed by atoms with Crippen molar-refractivity contribution >= 4 is 17.2 Å². The van der Waals surface area contributed by atoms with E-state index in [1.54, 1.807) is 6.92 Å². The number of amides is 1. The van der Waals surface area contributed by atoms with E-state index in [1.165, 1.54) is 23.5 Å². The molecule has 1 unspecified atom stereocenters. The van der Waals surface area contributed by atoms with Crippen LogP contribution < -0.4 is 5.32 Å². The van der Waals surface area contributed by atoms with Gasteiger partial charge >= 0.3 is 6.18 Å². The molecule has 3 rings (SSSR count). The summed E-state index contributed by atoms with van der Waals surface area (Å²) in [5, 5.41) is 16.2. The van der Waals surface area contributed by atoms with Gasteiger partial charge in [0.15, 0.2) is 0 Å². The van der Waals surface area contributed by atoms with Gasteiger partial charge in [-0.3, -0.25) is 4.79 Å². The maximum Gasteiger partial charge on any atom is 0.416 e. The van der Waals surface area contributed by atoms with Gasteiger partial charge in [-0.25, -0.2) is 0 Å². The summed E-state index contributed by atoms with van der Waals surface area (Å²) < 4.78 is 38.4. The molecule has 0 fully saturated rings. The summed E-state index contributed by atoms with van der Waals surface area (Å²) in [6, 6.07) is 7.68. The number of nitrogens with one attached hydrogen (secondary N) is 1. The van der Waals surface area contributed by atoms with Crippen LogP contribution in [0.1, 0.15) is 23.4 Å². The molecular weight excluding hydrogens is 367 g/mol. The lowest BCUT2D eigenvalue weighted by Crippen LogP contribution is -2.31. The van der Waals surface area contributed by atoms with Crippen LogP contribution in [-0.2, 0) is 17.5 Å². The molecule has 0 spiro atoms. The summed E-state index contributed by atoms with van der Waals surface area (Å²) in [4.78, 5) is 14.3. The minimum absolute atomic E-state index is 0.0222. The first-order valence-corrected chi connectivity index (χ1v) is 8.50. The molecule has 0 radical (unpaired) electrons. The summed E-state index contributed by atoms with van der Waals surface area (Å²) in [5.41, 5.74) is -0.620. The standard InChI is InChI=1S/C16H14F3N5OS/c1-10(15(25)20-9-13-6-3-7-26-13)24-22-14(21-23-24)11-4-2-5-12(8-11)16(17,18)19/h2-8,10H,9H2,1H3,(H,20,25). The van der Waals surface area contributed by atoms with Crippen LogP contribution in [0.15, 0.2) is 41.8 Å². The van der Waals surface area contributed by atoms with Crippen LogP contribution in [0.2, 0.25) is 0 Å². The van der Waals surface area contributed by atoms with Crippen molar-refractivity contribution in [3.63, 3.8) is 0 Å². The van der Waals surface area contributed by atoms with E-state index in [0.29, 0.717) is 6.54 Å². The molecule has 26 heavy (non-hydrogen) atoms. The van der Waals surface area contributed by atoms with Crippen LogP contribution in [0.4, 0.5) is 13.2 Å². The molecule has 1 atom stereocenters. The zero-order valence-electron chi connectivity index (χ0n) is 13.6. The van der Waals surface area contributed by atoms with E-state index in [-0.39, 0.29) is 17.3 Å². The maximum atomic E-state index is 12.8. The van der Waals surface area contributed by atoms with Gasteiger partial charge in [0.05, 0.1) is 12.1 Å². The van der Waals surface area contributed by atoms with Crippen LogP contribution in [-0.4, -0.2) is 26.1 Å². The van der Waals surface area contributed by atoms with Crippen molar-refractivity contribution in [3.8, 4) is 11.4 Å². The fraction of sp³-hybridized carbons (Fsp3) is 0.250. The van der Waals surface area contributed by atoms with Crippen LogP contribution in [0, 0.1) is 0 Å². The van der Waals surface area contributed by atoms with Crippen LogP contribution in [0.3, 0.4) is 0 Å². The second-order valence-electron chi connectivity index (χ2n) is 5.49. The van der Waals surface area contributed by atoms with Crippen molar-refractivity contribution in [1.82, 2.24) is 25.5 Å². The zero-order chi connectivity index (χ0) is 18.7. The highest BCUT2D eigenvalue weighted by molar-refractivity contribution is 7.09. The van der Waals surface area contributed by atoms with Gasteiger partial charge < -0.3 is 5.32 Å². The lowest BCUT2D eigenvalue weighted by atomic mass is 10.1. The molecular formula is C16H14F3N5OS. The fourth-order valence-electron chi connectivity index (χ4n) is 2.18. The molecule has 0 aliphatic heterocycles. The van der Waals surface area contributed by atoms with E-state index in [1.807, 2.05) is 17.5 Å². The SMILES string of the molecule is CC(C(=O)NCc1cccs1)n1nnc(-c2cccc(C(F)(F)F)c2)n1. The van der Waals surface area contributed by atoms with Gasteiger partial charge in [0.25, 0.3) is 0 Å². The fourth-order valence-corrected chi connectivity index (χ4v) is 2.82. The van der Waals surface area contributed by atoms with Crippen molar-refractivity contribution in [3.05, 3.63) is 52.2 Å². The molecule has 3 aromatic rings. The molecule has 1 amide bonds. The summed E-state index contributed by atoms with van der Waals surface area (Å²) in [5.74, 6) is -0.291. The first kappa shape index (κ1) is 18.1. The third kappa shape index (κ3) is 4.07. The highest BCUT2D eigenvalue weighted by Crippen LogP contribution is 2.31. The van der Waals surface area contributed by atoms with Gasteiger partial charge in [0.2, 0.25) is 11.7 Å². The van der Waals surface area contributed by atoms with E-state index in [2.05, 4.69) is 20.7 Å². The highest BCUT2D eigenvalue weighted by atomic mass is 32.1. The Bertz CT molecular complexity index is 891. The summed E-state index contributed by atoms with van der Waals surface area (Å²) in [7, 11) is 0. The Labute approximate surface area is 150 Å². The number of benzene rings is 1. The number of rotatable bonds is 5. The van der Waals surface area contributed by atoms with E-state index >= 15 is 0 Å². The second-order valence-corrected chi connectivity index (χ2v) is 6.52. The summed E-state index contributed by atoms with van der Waals surface area (Å²) >= 11 is 1.52. The van der Waals surface area contributed by atoms with Gasteiger partial charge in [-0.05, 0) is 35.7 Å². The van der Waals surface area contributed by atoms with Gasteiger partial charge in [-0.1, -0.05) is 18.2 Å². The van der Waals surface area contributed by atoms with E-state index in [0.717, 1.165) is 21.8 Å². The molecule has 10 heteroatoms. The third-order valence-electron chi connectivity index (χ3n) is 3.62. The van der Waals surface area contributed by atoms with E-state index in [9.17, 15) is 18.0 Å². The number of aromatic nitrogens is 4. The lowest BCUT2D eigenvalue weighted by Gasteiger charge is -2.10. The minimum atomic E-state index is -4.46. The molecule has 0 saturated carbocycles. The maximum absolute atomic E-state index is 12.8. The summed E-state index contributed by atoms with van der Waals surface area (Å²) in [6.07, 6.45) is -4.46. The van der Waals surface area contributed by atoms with E-state index < -0.39 is 17.8 Å². The number of hydrogen-bond donors (Lipinski definition) is 1. The number of halogens is 3. The molecule has 0 bridgehead atoms. The van der Waals surface area contributed by atoms with Crippen LogP contribution in [0.5, 0.6) is 0 Å². The van der Waals surface area contributed by atoms with Gasteiger partial charge in [0.1, 0.15) is 6.04 Å². The number of carbonyl (C=O) groups excluding carboxylic acids is 1. The lowest BCUT2D eigenvalue weighted by molar-refractivity contribution is -0.137. The summed E-state index contributed by atoms with van der Waals surface area (Å²) in [6.45, 7) is 1.97. The second kappa shape index (κ2) is 7.24. The van der Waals surface area contributed by atoms with Crippen molar-refractivity contribution in [2.24, 2.45) is 0 Å². The first-order valence-electron chi connectivity index (χ1n) is 7.62. The molecule has 2 heterocycles. The number of nitrogens with zero attached hydrogens (tertiary/aromatic N) is 4. The highest BCUT2D eigenvalue weighted by Gasteiger charge is 2.30. The molecule has 2 aromatic heterocycles. The molecule has 1 aromatic carbocycles. The quantitative estimate of drug-likeness (QED) is 0.736. The molecule has 1 N–H and O–H groups in total. The Morgan fingerprint density at radius 1 is 1.31 bits per heavy atom. The smallest absolute Gasteiger partial charge is 0.349 e. The Hall–Kier alpha value is -2.75. The van der Waals surface area contributed by atoms with Gasteiger partial charge in [0, 0.05) is 10.4 Å². The predicted molar refractivity (Wildman–Crippen MR) is 89.1 cm³/mol. The number of tetrazole rings is 1. The normalized spacial score (nSPS) is 12.8. The predicted octanol–water partition coefficient (Wildman–Crippen LogP) is 3.30. The monoisotopic (exact) mass is 381 g/mol. The van der Waals surface area contributed by atoms with Crippen molar-refractivity contribution in [2.75, 3.05) is 0 Å². The number of carbonyl (C=O) groups is 1. The van der Waals surface area contributed by atoms with Crippen LogP contribution in [0.25, 0.3) is 11.4 Å². The van der Waals surface area contributed by atoms with Crippen LogP contribution >= 0.6 is 11.3 Å². The van der Waals surface area contributed by atoms with E-state index in [4.69, 9.17) is 0 Å². The Kier molecular flexibility index (Phi) is 5.03. The average Bonchev–Trinajstić information content (AvgIpc) is 3.30. The molecule has 0 aliphatic carbocycles. The Morgan fingerprint density at radius 3 is 2.81 bits per heavy atom. The first-order chi connectivity index (χ1) is 12.3. The Morgan fingerprint density at radius 2 is 2.12 bits per heavy atom. The van der Waals surface area contributed by atoms with Crippen molar-refractivity contribution in [2.45, 2.75) is 25.7 Å². The molecule has 136 valence electrons. The number of thiophene rings is 1. The Balaban J connectivity index is 1.72. The molecule has 6 nitrogen and oxygen atoms in total. The largest absolute Gasteiger partial charge is 0.416 e. The van der Waals surface area contributed by atoms with Crippen molar-refractivity contribution in [1.29, 1.82) is 0 Å². The third-order valence-corrected chi connectivity index (χ3v) is 4.50. The number of hydrogen-bond acceptors (Lipinski definition) is 5. The topological polar surface area (TPSA) is 72.7 Å². The van der Waals surface area contributed by atoms with Crippen molar-refractivity contribution < 1.29 is 18.0 Å². The number of alkyl halides is 3. The molecule has 0 aliphatic rings. The average molecular weight is 381 g/mol. The zero-order valence-corrected chi connectivity index (χ0v) is 14.4. The molecule has 0 saturated heterocycles. The van der Waals surface area contributed by atoms with Gasteiger partial charge in [-0.2, -0.15) is 18.0 Å². The minimum Gasteiger partial charge on any atom is -0.349 e. The van der Waals surface area contributed by atoms with Gasteiger partial charge in [-0.15, -0.1) is 21.5 Å².